The van der Waals surface area contributed by atoms with Crippen molar-refractivity contribution in [3.63, 3.8) is 0 Å². The minimum absolute atomic E-state index is 0.0759. The number of carbonyl (C=O) groups excluding carboxylic acids is 2. The van der Waals surface area contributed by atoms with Crippen LogP contribution in [0.2, 0.25) is 0 Å². The molecule has 2 amide bonds. The molecule has 1 unspecified atom stereocenters. The van der Waals surface area contributed by atoms with E-state index in [0.717, 1.165) is 12.8 Å². The number of carbonyl (C=O) groups is 2. The van der Waals surface area contributed by atoms with E-state index in [1.807, 2.05) is 20.8 Å². The third-order valence-corrected chi connectivity index (χ3v) is 2.67. The molecule has 1 heterocycles. The van der Waals surface area contributed by atoms with Gasteiger partial charge >= 0.3 is 12.2 Å². The number of piperidine rings is 1. The zero-order valence-electron chi connectivity index (χ0n) is 12.2. The molecule has 0 spiro atoms. The molecule has 0 saturated carbocycles. The first-order valence-electron chi connectivity index (χ1n) is 6.73. The maximum atomic E-state index is 11.7. The Morgan fingerprint density at radius 1 is 1.37 bits per heavy atom. The molecule has 19 heavy (non-hydrogen) atoms. The van der Waals surface area contributed by atoms with Crippen molar-refractivity contribution in [1.82, 2.24) is 10.2 Å². The maximum absolute atomic E-state index is 11.7. The van der Waals surface area contributed by atoms with E-state index < -0.39 is 11.7 Å². The van der Waals surface area contributed by atoms with E-state index in [4.69, 9.17) is 9.47 Å². The minimum atomic E-state index is -0.514. The number of hydrogen-bond donors (Lipinski definition) is 1. The molecule has 1 aliphatic heterocycles. The molecular weight excluding hydrogens is 248 g/mol. The summed E-state index contributed by atoms with van der Waals surface area (Å²) in [6, 6.07) is -0.0759. The number of rotatable bonds is 2. The number of nitrogens with zero attached hydrogens (tertiary/aromatic N) is 1. The monoisotopic (exact) mass is 272 g/mol. The number of hydrogen-bond acceptors (Lipinski definition) is 4. The normalized spacial score (nSPS) is 19.8. The fraction of sp³-hybridized carbons (Fsp3) is 0.846. The molecule has 1 saturated heterocycles. The van der Waals surface area contributed by atoms with Gasteiger partial charge in [-0.3, -0.25) is 0 Å². The van der Waals surface area contributed by atoms with Gasteiger partial charge in [-0.15, -0.1) is 0 Å². The standard InChI is InChI=1S/C13H24N2O4/c1-5-18-12(17)15-8-6-7-10(9-15)14-11(16)19-13(2,3)4/h10H,5-9H2,1-4H3,(H,14,16). The number of likely N-dealkylation sites (tertiary alicyclic amines) is 1. The quantitative estimate of drug-likeness (QED) is 0.836. The van der Waals surface area contributed by atoms with E-state index in [2.05, 4.69) is 5.32 Å². The van der Waals surface area contributed by atoms with Gasteiger partial charge in [0.2, 0.25) is 0 Å². The van der Waals surface area contributed by atoms with E-state index in [1.54, 1.807) is 11.8 Å². The van der Waals surface area contributed by atoms with Crippen molar-refractivity contribution in [1.29, 1.82) is 0 Å². The number of nitrogens with one attached hydrogen (secondary N) is 1. The van der Waals surface area contributed by atoms with Gasteiger partial charge in [0.1, 0.15) is 5.60 Å². The average molecular weight is 272 g/mol. The predicted molar refractivity (Wildman–Crippen MR) is 71.0 cm³/mol. The number of alkyl carbamates (subject to hydrolysis) is 1. The molecule has 1 atom stereocenters. The van der Waals surface area contributed by atoms with E-state index in [-0.39, 0.29) is 12.1 Å². The molecule has 1 fully saturated rings. The molecule has 110 valence electrons. The highest BCUT2D eigenvalue weighted by Gasteiger charge is 2.27. The van der Waals surface area contributed by atoms with Crippen molar-refractivity contribution in [3.8, 4) is 0 Å². The van der Waals surface area contributed by atoms with Gasteiger partial charge in [-0.25, -0.2) is 9.59 Å². The molecule has 6 nitrogen and oxygen atoms in total. The van der Waals surface area contributed by atoms with Gasteiger partial charge in [-0.2, -0.15) is 0 Å². The van der Waals surface area contributed by atoms with Crippen LogP contribution in [0.1, 0.15) is 40.5 Å². The largest absolute Gasteiger partial charge is 0.450 e. The zero-order valence-corrected chi connectivity index (χ0v) is 12.2. The Bertz CT molecular complexity index is 325. The third-order valence-electron chi connectivity index (χ3n) is 2.67. The lowest BCUT2D eigenvalue weighted by Crippen LogP contribution is -2.50. The number of ether oxygens (including phenoxy) is 2. The summed E-state index contributed by atoms with van der Waals surface area (Å²) in [6.07, 6.45) is 0.926. The van der Waals surface area contributed by atoms with Gasteiger partial charge in [0.25, 0.3) is 0 Å². The topological polar surface area (TPSA) is 67.9 Å². The summed E-state index contributed by atoms with van der Waals surface area (Å²) in [7, 11) is 0. The van der Waals surface area contributed by atoms with E-state index in [1.165, 1.54) is 0 Å². The molecule has 0 bridgehead atoms. The van der Waals surface area contributed by atoms with Gasteiger partial charge in [0.05, 0.1) is 6.61 Å². The summed E-state index contributed by atoms with van der Waals surface area (Å²) in [4.78, 5) is 24.9. The summed E-state index contributed by atoms with van der Waals surface area (Å²) in [5.41, 5.74) is -0.514. The number of amides is 2. The van der Waals surface area contributed by atoms with Crippen molar-refractivity contribution in [3.05, 3.63) is 0 Å². The SMILES string of the molecule is CCOC(=O)N1CCCC(NC(=O)OC(C)(C)C)C1. The fourth-order valence-corrected chi connectivity index (χ4v) is 1.95. The maximum Gasteiger partial charge on any atom is 0.409 e. The summed E-state index contributed by atoms with van der Waals surface area (Å²) >= 11 is 0. The second-order valence-electron chi connectivity index (χ2n) is 5.63. The zero-order chi connectivity index (χ0) is 14.5. The van der Waals surface area contributed by atoms with Crippen LogP contribution >= 0.6 is 0 Å². The van der Waals surface area contributed by atoms with Crippen LogP contribution in [0.5, 0.6) is 0 Å². The lowest BCUT2D eigenvalue weighted by molar-refractivity contribution is 0.0457. The molecule has 0 aromatic carbocycles. The first kappa shape index (κ1) is 15.6. The molecule has 1 rings (SSSR count). The highest BCUT2D eigenvalue weighted by atomic mass is 16.6. The first-order valence-corrected chi connectivity index (χ1v) is 6.73. The lowest BCUT2D eigenvalue weighted by atomic mass is 10.1. The van der Waals surface area contributed by atoms with Crippen LogP contribution in [0.4, 0.5) is 9.59 Å². The van der Waals surface area contributed by atoms with Crippen LogP contribution in [0.25, 0.3) is 0 Å². The summed E-state index contributed by atoms with van der Waals surface area (Å²) < 4.78 is 10.2. The van der Waals surface area contributed by atoms with Gasteiger partial charge in [-0.1, -0.05) is 0 Å². The molecule has 1 N–H and O–H groups in total. The first-order chi connectivity index (χ1) is 8.81. The van der Waals surface area contributed by atoms with Gasteiger partial charge in [0.15, 0.2) is 0 Å². The lowest BCUT2D eigenvalue weighted by Gasteiger charge is -2.32. The van der Waals surface area contributed by atoms with Crippen LogP contribution < -0.4 is 5.32 Å². The van der Waals surface area contributed by atoms with Gasteiger partial charge in [-0.05, 0) is 40.5 Å². The van der Waals surface area contributed by atoms with Gasteiger partial charge in [0, 0.05) is 19.1 Å². The van der Waals surface area contributed by atoms with Crippen LogP contribution in [-0.2, 0) is 9.47 Å². The summed E-state index contributed by atoms with van der Waals surface area (Å²) in [5.74, 6) is 0. The molecule has 1 aliphatic rings. The third kappa shape index (κ3) is 5.81. The Morgan fingerprint density at radius 2 is 2.05 bits per heavy atom. The molecular formula is C13H24N2O4. The molecule has 0 aromatic heterocycles. The minimum Gasteiger partial charge on any atom is -0.450 e. The van der Waals surface area contributed by atoms with Crippen LogP contribution in [0.15, 0.2) is 0 Å². The molecule has 0 aliphatic carbocycles. The van der Waals surface area contributed by atoms with Crippen molar-refractivity contribution < 1.29 is 19.1 Å². The Kier molecular flexibility index (Phi) is 5.44. The Hall–Kier alpha value is -1.46. The molecule has 0 radical (unpaired) electrons. The fourth-order valence-electron chi connectivity index (χ4n) is 1.95. The Morgan fingerprint density at radius 3 is 2.63 bits per heavy atom. The van der Waals surface area contributed by atoms with Crippen molar-refractivity contribution in [2.24, 2.45) is 0 Å². The second kappa shape index (κ2) is 6.63. The molecule has 6 heteroatoms. The van der Waals surface area contributed by atoms with Crippen molar-refractivity contribution in [2.75, 3.05) is 19.7 Å². The van der Waals surface area contributed by atoms with Gasteiger partial charge < -0.3 is 19.7 Å². The Balaban J connectivity index is 2.42. The summed E-state index contributed by atoms with van der Waals surface area (Å²) in [6.45, 7) is 8.73. The van der Waals surface area contributed by atoms with Crippen molar-refractivity contribution in [2.45, 2.75) is 52.2 Å². The van der Waals surface area contributed by atoms with E-state index in [0.29, 0.717) is 19.7 Å². The van der Waals surface area contributed by atoms with Crippen LogP contribution in [0.3, 0.4) is 0 Å². The average Bonchev–Trinajstić information content (AvgIpc) is 2.27. The predicted octanol–water partition coefficient (Wildman–Crippen LogP) is 2.13. The van der Waals surface area contributed by atoms with E-state index >= 15 is 0 Å². The summed E-state index contributed by atoms with van der Waals surface area (Å²) in [5, 5.41) is 2.79. The Labute approximate surface area is 114 Å². The highest BCUT2D eigenvalue weighted by Crippen LogP contribution is 2.13. The highest BCUT2D eigenvalue weighted by molar-refractivity contribution is 5.69. The molecule has 0 aromatic rings. The van der Waals surface area contributed by atoms with E-state index in [9.17, 15) is 9.59 Å². The van der Waals surface area contributed by atoms with Crippen molar-refractivity contribution >= 4 is 12.2 Å². The second-order valence-corrected chi connectivity index (χ2v) is 5.63. The van der Waals surface area contributed by atoms with Crippen LogP contribution in [-0.4, -0.2) is 48.4 Å². The van der Waals surface area contributed by atoms with Crippen LogP contribution in [0, 0.1) is 0 Å². The smallest absolute Gasteiger partial charge is 0.409 e.